The van der Waals surface area contributed by atoms with Crippen molar-refractivity contribution in [1.29, 1.82) is 0 Å². The SMILES string of the molecule is Cc1ccc(N2CCCNC(CCO)C2)cc1. The Morgan fingerprint density at radius 2 is 2.12 bits per heavy atom. The van der Waals surface area contributed by atoms with Gasteiger partial charge in [0.15, 0.2) is 0 Å². The van der Waals surface area contributed by atoms with Crippen LogP contribution in [0.15, 0.2) is 24.3 Å². The first-order valence-corrected chi connectivity index (χ1v) is 6.45. The quantitative estimate of drug-likeness (QED) is 0.833. The van der Waals surface area contributed by atoms with E-state index in [1.807, 2.05) is 0 Å². The number of benzene rings is 1. The van der Waals surface area contributed by atoms with E-state index in [4.69, 9.17) is 5.11 Å². The number of hydrogen-bond acceptors (Lipinski definition) is 3. The van der Waals surface area contributed by atoms with Crippen LogP contribution in [0.5, 0.6) is 0 Å². The summed E-state index contributed by atoms with van der Waals surface area (Å²) in [5, 5.41) is 12.5. The second-order valence-electron chi connectivity index (χ2n) is 4.80. The highest BCUT2D eigenvalue weighted by Gasteiger charge is 2.17. The van der Waals surface area contributed by atoms with Crippen LogP contribution < -0.4 is 10.2 Å². The molecule has 0 bridgehead atoms. The van der Waals surface area contributed by atoms with Gasteiger partial charge in [-0.25, -0.2) is 0 Å². The summed E-state index contributed by atoms with van der Waals surface area (Å²) in [4.78, 5) is 2.42. The summed E-state index contributed by atoms with van der Waals surface area (Å²) >= 11 is 0. The zero-order valence-electron chi connectivity index (χ0n) is 10.5. The van der Waals surface area contributed by atoms with E-state index in [0.29, 0.717) is 6.04 Å². The van der Waals surface area contributed by atoms with Crippen molar-refractivity contribution in [3.63, 3.8) is 0 Å². The number of nitrogens with one attached hydrogen (secondary N) is 1. The van der Waals surface area contributed by atoms with E-state index in [0.717, 1.165) is 32.5 Å². The molecule has 1 aromatic rings. The molecular formula is C14H22N2O. The maximum Gasteiger partial charge on any atom is 0.0446 e. The number of rotatable bonds is 3. The van der Waals surface area contributed by atoms with Crippen molar-refractivity contribution in [2.75, 3.05) is 31.1 Å². The first kappa shape index (κ1) is 12.4. The Kier molecular flexibility index (Phi) is 4.40. The van der Waals surface area contributed by atoms with Crippen LogP contribution in [0.4, 0.5) is 5.69 Å². The number of aliphatic hydroxyl groups excluding tert-OH is 1. The minimum Gasteiger partial charge on any atom is -0.396 e. The van der Waals surface area contributed by atoms with Gasteiger partial charge in [-0.1, -0.05) is 17.7 Å². The van der Waals surface area contributed by atoms with E-state index < -0.39 is 0 Å². The lowest BCUT2D eigenvalue weighted by Gasteiger charge is -2.26. The monoisotopic (exact) mass is 234 g/mol. The second-order valence-corrected chi connectivity index (χ2v) is 4.80. The highest BCUT2D eigenvalue weighted by Crippen LogP contribution is 2.17. The fourth-order valence-corrected chi connectivity index (χ4v) is 2.34. The van der Waals surface area contributed by atoms with E-state index in [-0.39, 0.29) is 6.61 Å². The smallest absolute Gasteiger partial charge is 0.0446 e. The normalized spacial score (nSPS) is 21.3. The predicted octanol–water partition coefficient (Wildman–Crippen LogP) is 1.55. The van der Waals surface area contributed by atoms with Gasteiger partial charge in [0.1, 0.15) is 0 Å². The highest BCUT2D eigenvalue weighted by atomic mass is 16.3. The number of hydrogen-bond donors (Lipinski definition) is 2. The molecule has 1 aliphatic rings. The molecule has 0 spiro atoms. The van der Waals surface area contributed by atoms with E-state index >= 15 is 0 Å². The van der Waals surface area contributed by atoms with E-state index in [1.165, 1.54) is 11.3 Å². The molecule has 0 radical (unpaired) electrons. The zero-order valence-corrected chi connectivity index (χ0v) is 10.5. The summed E-state index contributed by atoms with van der Waals surface area (Å²) in [5.74, 6) is 0. The van der Waals surface area contributed by atoms with Crippen LogP contribution in [0.1, 0.15) is 18.4 Å². The van der Waals surface area contributed by atoms with Gasteiger partial charge >= 0.3 is 0 Å². The van der Waals surface area contributed by atoms with Gasteiger partial charge in [0.05, 0.1) is 0 Å². The van der Waals surface area contributed by atoms with Gasteiger partial charge < -0.3 is 15.3 Å². The minimum absolute atomic E-state index is 0.263. The zero-order chi connectivity index (χ0) is 12.1. The largest absolute Gasteiger partial charge is 0.396 e. The first-order valence-electron chi connectivity index (χ1n) is 6.45. The van der Waals surface area contributed by atoms with Crippen LogP contribution >= 0.6 is 0 Å². The van der Waals surface area contributed by atoms with Gasteiger partial charge in [-0.05, 0) is 38.4 Å². The molecule has 17 heavy (non-hydrogen) atoms. The van der Waals surface area contributed by atoms with Gasteiger partial charge in [0, 0.05) is 31.4 Å². The number of nitrogens with zero attached hydrogens (tertiary/aromatic N) is 1. The lowest BCUT2D eigenvalue weighted by atomic mass is 10.1. The number of aryl methyl sites for hydroxylation is 1. The third-order valence-electron chi connectivity index (χ3n) is 3.36. The number of anilines is 1. The summed E-state index contributed by atoms with van der Waals surface area (Å²) in [6.45, 7) is 5.51. The summed E-state index contributed by atoms with van der Waals surface area (Å²) in [7, 11) is 0. The topological polar surface area (TPSA) is 35.5 Å². The molecule has 1 saturated heterocycles. The average Bonchev–Trinajstić information content (AvgIpc) is 2.56. The fourth-order valence-electron chi connectivity index (χ4n) is 2.34. The van der Waals surface area contributed by atoms with Crippen molar-refractivity contribution in [2.45, 2.75) is 25.8 Å². The molecule has 1 aliphatic heterocycles. The van der Waals surface area contributed by atoms with Crippen LogP contribution in [0, 0.1) is 6.92 Å². The minimum atomic E-state index is 0.263. The third-order valence-corrected chi connectivity index (χ3v) is 3.36. The molecule has 0 aliphatic carbocycles. The molecule has 0 aromatic heterocycles. The average molecular weight is 234 g/mol. The molecule has 1 atom stereocenters. The Morgan fingerprint density at radius 1 is 1.35 bits per heavy atom. The molecule has 1 heterocycles. The maximum atomic E-state index is 9.05. The maximum absolute atomic E-state index is 9.05. The Hall–Kier alpha value is -1.06. The molecule has 3 nitrogen and oxygen atoms in total. The second kappa shape index (κ2) is 6.03. The van der Waals surface area contributed by atoms with E-state index in [9.17, 15) is 0 Å². The third kappa shape index (κ3) is 3.45. The lowest BCUT2D eigenvalue weighted by Crippen LogP contribution is -2.38. The summed E-state index contributed by atoms with van der Waals surface area (Å²) in [6, 6.07) is 9.11. The molecule has 0 saturated carbocycles. The first-order chi connectivity index (χ1) is 8.29. The van der Waals surface area contributed by atoms with Crippen LogP contribution in [-0.2, 0) is 0 Å². The van der Waals surface area contributed by atoms with Crippen molar-refractivity contribution in [1.82, 2.24) is 5.32 Å². The molecule has 2 N–H and O–H groups in total. The molecular weight excluding hydrogens is 212 g/mol. The van der Waals surface area contributed by atoms with Crippen molar-refractivity contribution in [3.05, 3.63) is 29.8 Å². The number of aliphatic hydroxyl groups is 1. The lowest BCUT2D eigenvalue weighted by molar-refractivity contribution is 0.267. The van der Waals surface area contributed by atoms with Crippen LogP contribution in [0.2, 0.25) is 0 Å². The van der Waals surface area contributed by atoms with Gasteiger partial charge in [0.25, 0.3) is 0 Å². The van der Waals surface area contributed by atoms with Gasteiger partial charge in [-0.15, -0.1) is 0 Å². The molecule has 3 heteroatoms. The van der Waals surface area contributed by atoms with Gasteiger partial charge in [-0.3, -0.25) is 0 Å². The molecule has 2 rings (SSSR count). The van der Waals surface area contributed by atoms with E-state index in [2.05, 4.69) is 41.4 Å². The fraction of sp³-hybridized carbons (Fsp3) is 0.571. The van der Waals surface area contributed by atoms with E-state index in [1.54, 1.807) is 0 Å². The van der Waals surface area contributed by atoms with Crippen molar-refractivity contribution in [2.24, 2.45) is 0 Å². The van der Waals surface area contributed by atoms with Crippen molar-refractivity contribution >= 4 is 5.69 Å². The highest BCUT2D eigenvalue weighted by molar-refractivity contribution is 5.47. The predicted molar refractivity (Wildman–Crippen MR) is 71.5 cm³/mol. The molecule has 1 aromatic carbocycles. The standard InChI is InChI=1S/C14H22N2O/c1-12-3-5-14(6-4-12)16-9-2-8-15-13(11-16)7-10-17/h3-6,13,15,17H,2,7-11H2,1H3. The van der Waals surface area contributed by atoms with Crippen molar-refractivity contribution in [3.8, 4) is 0 Å². The molecule has 1 fully saturated rings. The van der Waals surface area contributed by atoms with Crippen LogP contribution in [0.3, 0.4) is 0 Å². The van der Waals surface area contributed by atoms with Crippen LogP contribution in [-0.4, -0.2) is 37.4 Å². The van der Waals surface area contributed by atoms with Gasteiger partial charge in [-0.2, -0.15) is 0 Å². The Bertz CT molecular complexity index is 337. The molecule has 94 valence electrons. The molecule has 0 amide bonds. The summed E-state index contributed by atoms with van der Waals surface area (Å²) in [5.41, 5.74) is 2.59. The van der Waals surface area contributed by atoms with Crippen LogP contribution in [0.25, 0.3) is 0 Å². The Balaban J connectivity index is 2.05. The Morgan fingerprint density at radius 3 is 2.82 bits per heavy atom. The Labute approximate surface area is 103 Å². The van der Waals surface area contributed by atoms with Crippen molar-refractivity contribution < 1.29 is 5.11 Å². The summed E-state index contributed by atoms with van der Waals surface area (Å²) in [6.07, 6.45) is 2.00. The van der Waals surface area contributed by atoms with Gasteiger partial charge in [0.2, 0.25) is 0 Å². The molecule has 1 unspecified atom stereocenters. The summed E-state index contributed by atoms with van der Waals surface area (Å²) < 4.78 is 0.